The number of carbonyl (C=O) groups is 2. The molecule has 0 aliphatic carbocycles. The zero-order chi connectivity index (χ0) is 35.7. The van der Waals surface area contributed by atoms with Crippen molar-refractivity contribution in [2.24, 2.45) is 0 Å². The number of anilines is 2. The van der Waals surface area contributed by atoms with Crippen LogP contribution in [0, 0.1) is 20.2 Å². The van der Waals surface area contributed by atoms with Crippen LogP contribution in [0.3, 0.4) is 0 Å². The van der Waals surface area contributed by atoms with Crippen LogP contribution in [0.4, 0.5) is 22.7 Å². The van der Waals surface area contributed by atoms with Gasteiger partial charge < -0.3 is 19.8 Å². The summed E-state index contributed by atoms with van der Waals surface area (Å²) in [5.74, 6) is -0.984. The van der Waals surface area contributed by atoms with E-state index in [0.29, 0.717) is 11.4 Å². The molecule has 254 valence electrons. The van der Waals surface area contributed by atoms with Crippen LogP contribution in [0.5, 0.6) is 0 Å². The molecule has 2 atom stereocenters. The fourth-order valence-corrected chi connectivity index (χ4v) is 6.04. The highest BCUT2D eigenvalue weighted by Crippen LogP contribution is 2.37. The number of imidazole rings is 2. The summed E-state index contributed by atoms with van der Waals surface area (Å²) in [7, 11) is 0. The van der Waals surface area contributed by atoms with Crippen molar-refractivity contribution in [3.63, 3.8) is 0 Å². The predicted octanol–water partition coefficient (Wildman–Crippen LogP) is 7.51. The van der Waals surface area contributed by atoms with Crippen LogP contribution in [0.15, 0.2) is 97.6 Å². The van der Waals surface area contributed by atoms with Gasteiger partial charge in [0.05, 0.1) is 33.5 Å². The number of non-ortho nitro benzene ring substituents is 2. The predicted molar refractivity (Wildman–Crippen MR) is 189 cm³/mol. The third-order valence-corrected chi connectivity index (χ3v) is 8.66. The largest absolute Gasteiger partial charge is 0.324 e. The van der Waals surface area contributed by atoms with Gasteiger partial charge in [-0.15, -0.1) is 0 Å². The van der Waals surface area contributed by atoms with Gasteiger partial charge in [-0.2, -0.15) is 0 Å². The van der Waals surface area contributed by atoms with Crippen molar-refractivity contribution in [1.29, 1.82) is 0 Å². The molecule has 6 rings (SSSR count). The van der Waals surface area contributed by atoms with Crippen molar-refractivity contribution in [2.75, 3.05) is 10.6 Å². The molecule has 0 radical (unpaired) electrons. The van der Waals surface area contributed by atoms with E-state index in [0.717, 1.165) is 11.1 Å². The fourth-order valence-electron chi connectivity index (χ4n) is 6.04. The molecule has 0 spiro atoms. The van der Waals surface area contributed by atoms with E-state index in [2.05, 4.69) is 20.6 Å². The van der Waals surface area contributed by atoms with Gasteiger partial charge in [-0.05, 0) is 59.4 Å². The Morgan fingerprint density at radius 1 is 0.600 bits per heavy atom. The molecule has 6 aromatic rings. The van der Waals surface area contributed by atoms with Crippen molar-refractivity contribution < 1.29 is 19.4 Å². The minimum atomic E-state index is -1.57. The molecule has 14 heteroatoms. The monoisotopic (exact) mass is 674 g/mol. The summed E-state index contributed by atoms with van der Waals surface area (Å²) in [6, 6.07) is 19.8. The van der Waals surface area contributed by atoms with Crippen molar-refractivity contribution in [3.8, 4) is 0 Å². The number of aromatic nitrogens is 4. The van der Waals surface area contributed by atoms with E-state index in [-0.39, 0.29) is 45.3 Å². The number of hydrogen-bond acceptors (Lipinski definition) is 8. The molecule has 2 N–H and O–H groups in total. The average Bonchev–Trinajstić information content (AvgIpc) is 3.72. The van der Waals surface area contributed by atoms with E-state index in [1.807, 2.05) is 52.0 Å². The van der Waals surface area contributed by atoms with Crippen LogP contribution < -0.4 is 10.6 Å². The van der Waals surface area contributed by atoms with Crippen LogP contribution in [0.25, 0.3) is 22.1 Å². The number of carbonyl (C=O) groups excluding carboxylic acids is 2. The maximum Gasteiger partial charge on any atom is 0.295 e. The molecule has 0 aliphatic rings. The van der Waals surface area contributed by atoms with Crippen LogP contribution in [-0.2, 0) is 9.59 Å². The van der Waals surface area contributed by atoms with Gasteiger partial charge in [-0.25, -0.2) is 9.97 Å². The number of rotatable bonds is 11. The first-order valence-electron chi connectivity index (χ1n) is 16.0. The normalized spacial score (nSPS) is 12.7. The third-order valence-electron chi connectivity index (χ3n) is 8.66. The van der Waals surface area contributed by atoms with Crippen LogP contribution >= 0.6 is 0 Å². The fraction of sp³-hybridized carbons (Fsp3) is 0.222. The molecule has 0 bridgehead atoms. The standard InChI is InChI=1S/C36H34N8O6/c1-21(2)23-11-15-25(16-12-23)39-35(45)33(41-19-37-27-7-5-9-29(31(27)41)43(47)48)34(36(46)40-26-17-13-24(14-18-26)22(3)4)42-20-38-28-8-6-10-30(32(28)42)44(49)50/h5-22,33-34H,1-4H3,(H,39,45)(H,40,46). The first kappa shape index (κ1) is 33.5. The molecule has 0 saturated carbocycles. The number of benzene rings is 4. The zero-order valence-electron chi connectivity index (χ0n) is 27.7. The molecule has 0 fully saturated rings. The maximum atomic E-state index is 14.6. The third kappa shape index (κ3) is 6.38. The summed E-state index contributed by atoms with van der Waals surface area (Å²) in [5.41, 5.74) is 2.61. The van der Waals surface area contributed by atoms with Gasteiger partial charge in [0.25, 0.3) is 11.4 Å². The highest BCUT2D eigenvalue weighted by Gasteiger charge is 2.41. The number of para-hydroxylation sites is 2. The Kier molecular flexibility index (Phi) is 9.09. The molecular weight excluding hydrogens is 640 g/mol. The molecule has 0 aliphatic heterocycles. The number of fused-ring (bicyclic) bond motifs is 2. The van der Waals surface area contributed by atoms with Gasteiger partial charge in [0.1, 0.15) is 23.1 Å². The minimum absolute atomic E-state index is 0.00851. The summed E-state index contributed by atoms with van der Waals surface area (Å²) in [6.45, 7) is 8.15. The summed E-state index contributed by atoms with van der Waals surface area (Å²) in [6.07, 6.45) is 2.52. The second-order valence-electron chi connectivity index (χ2n) is 12.5. The highest BCUT2D eigenvalue weighted by molar-refractivity contribution is 6.03. The number of amides is 2. The number of nitrogens with one attached hydrogen (secondary N) is 2. The smallest absolute Gasteiger partial charge is 0.295 e. The SMILES string of the molecule is CC(C)c1ccc(NC(=O)C(C(C(=O)Nc2ccc(C(C)C)cc2)n2cnc3cccc([N+](=O)[O-])c32)n2cnc3cccc([N+](=O)[O-])c32)cc1. The van der Waals surface area contributed by atoms with Crippen molar-refractivity contribution in [1.82, 2.24) is 19.1 Å². The van der Waals surface area contributed by atoms with E-state index in [1.54, 1.807) is 36.4 Å². The Morgan fingerprint density at radius 2 is 0.960 bits per heavy atom. The number of nitro groups is 2. The average molecular weight is 675 g/mol. The molecule has 50 heavy (non-hydrogen) atoms. The lowest BCUT2D eigenvalue weighted by Gasteiger charge is -2.28. The van der Waals surface area contributed by atoms with Crippen molar-refractivity contribution in [2.45, 2.75) is 51.6 Å². The zero-order valence-corrected chi connectivity index (χ0v) is 27.7. The second kappa shape index (κ2) is 13.6. The van der Waals surface area contributed by atoms with Crippen LogP contribution in [-0.4, -0.2) is 40.8 Å². The summed E-state index contributed by atoms with van der Waals surface area (Å²) in [4.78, 5) is 61.4. The topological polar surface area (TPSA) is 180 Å². The van der Waals surface area contributed by atoms with E-state index in [9.17, 15) is 29.8 Å². The maximum absolute atomic E-state index is 14.6. The Labute approximate surface area is 286 Å². The van der Waals surface area contributed by atoms with E-state index in [1.165, 1.54) is 46.1 Å². The Balaban J connectivity index is 1.58. The molecule has 0 saturated heterocycles. The van der Waals surface area contributed by atoms with E-state index >= 15 is 0 Å². The first-order valence-corrected chi connectivity index (χ1v) is 16.0. The molecule has 4 aromatic carbocycles. The van der Waals surface area contributed by atoms with Gasteiger partial charge in [-0.1, -0.05) is 64.1 Å². The second-order valence-corrected chi connectivity index (χ2v) is 12.5. The Bertz CT molecular complexity index is 2080. The number of hydrogen-bond donors (Lipinski definition) is 2. The summed E-state index contributed by atoms with van der Waals surface area (Å²) < 4.78 is 2.55. The molecule has 14 nitrogen and oxygen atoms in total. The molecule has 2 amide bonds. The lowest BCUT2D eigenvalue weighted by Crippen LogP contribution is -2.39. The van der Waals surface area contributed by atoms with E-state index in [4.69, 9.17) is 0 Å². The highest BCUT2D eigenvalue weighted by atomic mass is 16.6. The van der Waals surface area contributed by atoms with Crippen LogP contribution in [0.2, 0.25) is 0 Å². The van der Waals surface area contributed by atoms with Gasteiger partial charge in [0.15, 0.2) is 0 Å². The molecule has 2 unspecified atom stereocenters. The number of nitro benzene ring substituents is 2. The minimum Gasteiger partial charge on any atom is -0.324 e. The van der Waals surface area contributed by atoms with Gasteiger partial charge in [-0.3, -0.25) is 29.8 Å². The van der Waals surface area contributed by atoms with Gasteiger partial charge in [0.2, 0.25) is 11.8 Å². The molecular formula is C36H34N8O6. The Hall–Kier alpha value is -6.44. The lowest BCUT2D eigenvalue weighted by atomic mass is 10.0. The Morgan fingerprint density at radius 3 is 1.28 bits per heavy atom. The molecule has 2 aromatic heterocycles. The molecule has 2 heterocycles. The number of nitrogens with zero attached hydrogens (tertiary/aromatic N) is 6. The van der Waals surface area contributed by atoms with Gasteiger partial charge in [0, 0.05) is 23.5 Å². The quantitative estimate of drug-likeness (QED) is 0.105. The van der Waals surface area contributed by atoms with E-state index < -0.39 is 33.7 Å². The van der Waals surface area contributed by atoms with Gasteiger partial charge >= 0.3 is 0 Å². The van der Waals surface area contributed by atoms with Crippen molar-refractivity contribution >= 4 is 56.6 Å². The summed E-state index contributed by atoms with van der Waals surface area (Å²) in [5, 5.41) is 30.3. The summed E-state index contributed by atoms with van der Waals surface area (Å²) >= 11 is 0. The first-order chi connectivity index (χ1) is 23.9. The lowest BCUT2D eigenvalue weighted by molar-refractivity contribution is -0.383. The van der Waals surface area contributed by atoms with Crippen molar-refractivity contribution in [3.05, 3.63) is 129 Å². The van der Waals surface area contributed by atoms with Crippen LogP contribution in [0.1, 0.15) is 62.7 Å².